The number of carboxylic acids is 1. The van der Waals surface area contributed by atoms with E-state index in [4.69, 9.17) is 5.11 Å². The molecule has 0 aliphatic heterocycles. The van der Waals surface area contributed by atoms with E-state index in [0.717, 1.165) is 18.7 Å². The number of carbonyl (C=O) groups is 1. The molecule has 0 saturated heterocycles. The first kappa shape index (κ1) is 8.40. The van der Waals surface area contributed by atoms with Crippen LogP contribution in [0.15, 0.2) is 18.3 Å². The molecule has 1 saturated carbocycles. The lowest BCUT2D eigenvalue weighted by atomic mass is 10.3. The molecule has 1 aliphatic carbocycles. The number of rotatable bonds is 2. The van der Waals surface area contributed by atoms with Gasteiger partial charge >= 0.3 is 5.97 Å². The van der Waals surface area contributed by atoms with Crippen LogP contribution in [0.2, 0.25) is 0 Å². The Morgan fingerprint density at radius 2 is 2.27 bits per heavy atom. The fourth-order valence-corrected chi connectivity index (χ4v) is 1.54. The molecule has 5 nitrogen and oxygen atoms in total. The smallest absolute Gasteiger partial charge is 0.337 e. The van der Waals surface area contributed by atoms with Gasteiger partial charge in [0, 0.05) is 12.1 Å². The lowest BCUT2D eigenvalue weighted by Crippen LogP contribution is -1.99. The largest absolute Gasteiger partial charge is 0.478 e. The third-order valence-corrected chi connectivity index (χ3v) is 2.54. The van der Waals surface area contributed by atoms with Gasteiger partial charge in [0.05, 0.1) is 5.56 Å². The van der Waals surface area contributed by atoms with Gasteiger partial charge in [-0.3, -0.25) is 0 Å². The standard InChI is InChI=1S/C10H9N3O2/c14-10(15)7-3-4-8-11-9(6-1-2-6)12-13(8)5-7/h3-6H,1-2H2,(H,14,15). The fourth-order valence-electron chi connectivity index (χ4n) is 1.54. The molecule has 1 N–H and O–H groups in total. The zero-order valence-corrected chi connectivity index (χ0v) is 7.92. The molecular formula is C10H9N3O2. The number of fused-ring (bicyclic) bond motifs is 1. The lowest BCUT2D eigenvalue weighted by molar-refractivity contribution is 0.0696. The first-order valence-corrected chi connectivity index (χ1v) is 4.83. The second-order valence-corrected chi connectivity index (χ2v) is 3.77. The molecule has 2 heterocycles. The second kappa shape index (κ2) is 2.79. The van der Waals surface area contributed by atoms with Crippen molar-refractivity contribution in [1.29, 1.82) is 0 Å². The zero-order chi connectivity index (χ0) is 10.4. The molecule has 76 valence electrons. The number of nitrogens with zero attached hydrogens (tertiary/aromatic N) is 3. The van der Waals surface area contributed by atoms with E-state index < -0.39 is 5.97 Å². The molecule has 2 aromatic heterocycles. The number of aromatic nitrogens is 3. The predicted octanol–water partition coefficient (Wildman–Crippen LogP) is 1.30. The van der Waals surface area contributed by atoms with E-state index >= 15 is 0 Å². The number of hydrogen-bond donors (Lipinski definition) is 1. The van der Waals surface area contributed by atoms with Gasteiger partial charge in [0.2, 0.25) is 0 Å². The van der Waals surface area contributed by atoms with Crippen molar-refractivity contribution in [2.24, 2.45) is 0 Å². The van der Waals surface area contributed by atoms with Gasteiger partial charge in [0.25, 0.3) is 0 Å². The average molecular weight is 203 g/mol. The Hall–Kier alpha value is -1.91. The summed E-state index contributed by atoms with van der Waals surface area (Å²) in [5.74, 6) is 0.371. The van der Waals surface area contributed by atoms with E-state index in [1.165, 1.54) is 10.7 Å². The van der Waals surface area contributed by atoms with E-state index in [-0.39, 0.29) is 5.56 Å². The lowest BCUT2D eigenvalue weighted by Gasteiger charge is -1.93. The monoisotopic (exact) mass is 203 g/mol. The summed E-state index contributed by atoms with van der Waals surface area (Å²) in [5, 5.41) is 13.1. The van der Waals surface area contributed by atoms with E-state index in [0.29, 0.717) is 11.6 Å². The minimum absolute atomic E-state index is 0.231. The molecule has 1 fully saturated rings. The van der Waals surface area contributed by atoms with Crippen LogP contribution in [-0.2, 0) is 0 Å². The first-order valence-electron chi connectivity index (χ1n) is 4.83. The van der Waals surface area contributed by atoms with E-state index in [1.807, 2.05) is 0 Å². The van der Waals surface area contributed by atoms with E-state index in [1.54, 1.807) is 12.1 Å². The van der Waals surface area contributed by atoms with Crippen molar-refractivity contribution in [3.8, 4) is 0 Å². The van der Waals surface area contributed by atoms with Crippen LogP contribution in [0, 0.1) is 0 Å². The summed E-state index contributed by atoms with van der Waals surface area (Å²) in [4.78, 5) is 15.1. The summed E-state index contributed by atoms with van der Waals surface area (Å²) in [7, 11) is 0. The SMILES string of the molecule is O=C(O)c1ccc2nc(C3CC3)nn2c1. The highest BCUT2D eigenvalue weighted by Crippen LogP contribution is 2.38. The summed E-state index contributed by atoms with van der Waals surface area (Å²) in [6.07, 6.45) is 3.78. The molecule has 0 amide bonds. The molecule has 0 bridgehead atoms. The van der Waals surface area contributed by atoms with Gasteiger partial charge < -0.3 is 5.11 Å². The number of hydrogen-bond acceptors (Lipinski definition) is 3. The molecule has 15 heavy (non-hydrogen) atoms. The maximum absolute atomic E-state index is 10.7. The minimum atomic E-state index is -0.944. The Balaban J connectivity index is 2.13. The molecule has 1 aliphatic rings. The van der Waals surface area contributed by atoms with Crippen LogP contribution >= 0.6 is 0 Å². The van der Waals surface area contributed by atoms with E-state index in [9.17, 15) is 4.79 Å². The maximum atomic E-state index is 10.7. The van der Waals surface area contributed by atoms with Gasteiger partial charge in [0.1, 0.15) is 0 Å². The molecule has 2 aromatic rings. The molecule has 5 heteroatoms. The summed E-state index contributed by atoms with van der Waals surface area (Å²) in [6, 6.07) is 3.23. The summed E-state index contributed by atoms with van der Waals surface area (Å²) >= 11 is 0. The minimum Gasteiger partial charge on any atom is -0.478 e. The van der Waals surface area contributed by atoms with Crippen molar-refractivity contribution in [3.05, 3.63) is 29.7 Å². The fraction of sp³-hybridized carbons (Fsp3) is 0.300. The van der Waals surface area contributed by atoms with Crippen LogP contribution in [0.25, 0.3) is 5.65 Å². The number of carboxylic acid groups (broad SMARTS) is 1. The molecule has 0 spiro atoms. The Morgan fingerprint density at radius 3 is 2.93 bits per heavy atom. The van der Waals surface area contributed by atoms with Crippen molar-refractivity contribution < 1.29 is 9.90 Å². The highest BCUT2D eigenvalue weighted by atomic mass is 16.4. The van der Waals surface area contributed by atoms with Gasteiger partial charge in [-0.25, -0.2) is 14.3 Å². The first-order chi connectivity index (χ1) is 7.24. The second-order valence-electron chi connectivity index (χ2n) is 3.77. The van der Waals surface area contributed by atoms with Crippen LogP contribution in [0.3, 0.4) is 0 Å². The average Bonchev–Trinajstić information content (AvgIpc) is 2.97. The molecule has 0 radical (unpaired) electrons. The third-order valence-electron chi connectivity index (χ3n) is 2.54. The normalized spacial score (nSPS) is 15.7. The van der Waals surface area contributed by atoms with Crippen LogP contribution in [-0.4, -0.2) is 25.7 Å². The van der Waals surface area contributed by atoms with Crippen molar-refractivity contribution in [2.45, 2.75) is 18.8 Å². The van der Waals surface area contributed by atoms with Crippen LogP contribution in [0.1, 0.15) is 34.9 Å². The highest BCUT2D eigenvalue weighted by Gasteiger charge is 2.27. The Bertz CT molecular complexity index is 543. The van der Waals surface area contributed by atoms with Gasteiger partial charge in [-0.1, -0.05) is 0 Å². The Labute approximate surface area is 85.4 Å². The number of aromatic carboxylic acids is 1. The summed E-state index contributed by atoms with van der Waals surface area (Å²) < 4.78 is 1.54. The molecule has 0 aromatic carbocycles. The van der Waals surface area contributed by atoms with Gasteiger partial charge in [-0.15, -0.1) is 0 Å². The molecule has 3 rings (SSSR count). The van der Waals surface area contributed by atoms with Crippen LogP contribution < -0.4 is 0 Å². The summed E-state index contributed by atoms with van der Waals surface area (Å²) in [6.45, 7) is 0. The summed E-state index contributed by atoms with van der Waals surface area (Å²) in [5.41, 5.74) is 0.941. The van der Waals surface area contributed by atoms with Crippen molar-refractivity contribution in [1.82, 2.24) is 14.6 Å². The topological polar surface area (TPSA) is 67.5 Å². The van der Waals surface area contributed by atoms with E-state index in [2.05, 4.69) is 10.1 Å². The zero-order valence-electron chi connectivity index (χ0n) is 7.92. The van der Waals surface area contributed by atoms with Crippen LogP contribution in [0.4, 0.5) is 0 Å². The van der Waals surface area contributed by atoms with Gasteiger partial charge in [-0.05, 0) is 25.0 Å². The third kappa shape index (κ3) is 1.36. The van der Waals surface area contributed by atoms with Crippen molar-refractivity contribution in [2.75, 3.05) is 0 Å². The molecule has 0 atom stereocenters. The number of pyridine rings is 1. The van der Waals surface area contributed by atoms with Crippen LogP contribution in [0.5, 0.6) is 0 Å². The van der Waals surface area contributed by atoms with Crippen molar-refractivity contribution in [3.63, 3.8) is 0 Å². The van der Waals surface area contributed by atoms with Crippen molar-refractivity contribution >= 4 is 11.6 Å². The Kier molecular flexibility index (Phi) is 1.56. The van der Waals surface area contributed by atoms with Gasteiger partial charge in [0.15, 0.2) is 11.5 Å². The molecule has 0 unspecified atom stereocenters. The predicted molar refractivity (Wildman–Crippen MR) is 51.9 cm³/mol. The molecular weight excluding hydrogens is 194 g/mol. The maximum Gasteiger partial charge on any atom is 0.337 e. The quantitative estimate of drug-likeness (QED) is 0.798. The highest BCUT2D eigenvalue weighted by molar-refractivity contribution is 5.87. The van der Waals surface area contributed by atoms with Gasteiger partial charge in [-0.2, -0.15) is 5.10 Å². The Morgan fingerprint density at radius 1 is 1.47 bits per heavy atom.